The Morgan fingerprint density at radius 2 is 1.92 bits per heavy atom. The SMILES string of the molecule is CC(C)=CCC[C@@H](C)CC(Br)Br. The average molecular weight is 298 g/mol. The van der Waals surface area contributed by atoms with Crippen molar-refractivity contribution in [1.29, 1.82) is 0 Å². The largest absolute Gasteiger partial charge is 0.0859 e. The lowest BCUT2D eigenvalue weighted by atomic mass is 10.0. The van der Waals surface area contributed by atoms with Crippen molar-refractivity contribution in [1.82, 2.24) is 0 Å². The van der Waals surface area contributed by atoms with E-state index in [1.54, 1.807) is 0 Å². The number of halogens is 2. The highest BCUT2D eigenvalue weighted by molar-refractivity contribution is 9.24. The Hall–Kier alpha value is 0.700. The van der Waals surface area contributed by atoms with E-state index in [2.05, 4.69) is 58.7 Å². The van der Waals surface area contributed by atoms with Crippen LogP contribution in [0.15, 0.2) is 11.6 Å². The van der Waals surface area contributed by atoms with E-state index in [-0.39, 0.29) is 0 Å². The molecule has 0 radical (unpaired) electrons. The van der Waals surface area contributed by atoms with Gasteiger partial charge in [-0.3, -0.25) is 0 Å². The lowest BCUT2D eigenvalue weighted by molar-refractivity contribution is 0.521. The van der Waals surface area contributed by atoms with E-state index in [0.717, 1.165) is 5.92 Å². The molecule has 0 aromatic carbocycles. The van der Waals surface area contributed by atoms with Crippen molar-refractivity contribution in [2.75, 3.05) is 0 Å². The van der Waals surface area contributed by atoms with E-state index >= 15 is 0 Å². The fourth-order valence-electron chi connectivity index (χ4n) is 1.08. The maximum Gasteiger partial charge on any atom is 0.0700 e. The molecule has 0 unspecified atom stereocenters. The molecule has 1 atom stereocenters. The van der Waals surface area contributed by atoms with Crippen LogP contribution in [0.25, 0.3) is 0 Å². The molecule has 0 aromatic rings. The summed E-state index contributed by atoms with van der Waals surface area (Å²) in [6, 6.07) is 0. The molecule has 0 aromatic heterocycles. The highest BCUT2D eigenvalue weighted by Gasteiger charge is 2.05. The topological polar surface area (TPSA) is 0 Å². The summed E-state index contributed by atoms with van der Waals surface area (Å²) in [7, 11) is 0. The molecule has 0 saturated heterocycles. The van der Waals surface area contributed by atoms with Crippen LogP contribution in [0.5, 0.6) is 0 Å². The molecule has 2 heteroatoms. The molecule has 0 aliphatic carbocycles. The molecule has 0 aliphatic heterocycles. The predicted molar refractivity (Wildman–Crippen MR) is 64.1 cm³/mol. The molecular weight excluding hydrogens is 280 g/mol. The molecule has 0 heterocycles. The van der Waals surface area contributed by atoms with Gasteiger partial charge in [0, 0.05) is 0 Å². The zero-order chi connectivity index (χ0) is 9.56. The Kier molecular flexibility index (Phi) is 7.55. The lowest BCUT2D eigenvalue weighted by Gasteiger charge is -2.10. The van der Waals surface area contributed by atoms with Gasteiger partial charge < -0.3 is 0 Å². The van der Waals surface area contributed by atoms with Gasteiger partial charge >= 0.3 is 0 Å². The molecular formula is C10H18Br2. The van der Waals surface area contributed by atoms with Gasteiger partial charge in [-0.05, 0) is 39.0 Å². The van der Waals surface area contributed by atoms with Crippen LogP contribution in [0.1, 0.15) is 40.0 Å². The molecule has 0 bridgehead atoms. The summed E-state index contributed by atoms with van der Waals surface area (Å²) < 4.78 is 0.478. The standard InChI is InChI=1S/C10H18Br2/c1-8(2)5-4-6-9(3)7-10(11)12/h5,9-10H,4,6-7H2,1-3H3/t9-/m1/s1. The lowest BCUT2D eigenvalue weighted by Crippen LogP contribution is -1.98. The van der Waals surface area contributed by atoms with Crippen molar-refractivity contribution < 1.29 is 0 Å². The highest BCUT2D eigenvalue weighted by Crippen LogP contribution is 2.21. The Morgan fingerprint density at radius 3 is 2.33 bits per heavy atom. The first-order chi connectivity index (χ1) is 5.52. The van der Waals surface area contributed by atoms with Crippen LogP contribution in [0.2, 0.25) is 0 Å². The van der Waals surface area contributed by atoms with Crippen LogP contribution in [0, 0.1) is 5.92 Å². The smallest absolute Gasteiger partial charge is 0.0700 e. The van der Waals surface area contributed by atoms with Crippen LogP contribution >= 0.6 is 31.9 Å². The molecule has 0 rings (SSSR count). The number of allylic oxidation sites excluding steroid dienone is 2. The number of rotatable bonds is 5. The van der Waals surface area contributed by atoms with E-state index in [4.69, 9.17) is 0 Å². The number of hydrogen-bond donors (Lipinski definition) is 0. The molecule has 0 nitrogen and oxygen atoms in total. The van der Waals surface area contributed by atoms with E-state index in [1.165, 1.54) is 24.8 Å². The van der Waals surface area contributed by atoms with Gasteiger partial charge in [0.1, 0.15) is 0 Å². The van der Waals surface area contributed by atoms with Crippen molar-refractivity contribution in [2.24, 2.45) is 5.92 Å². The maximum atomic E-state index is 3.50. The van der Waals surface area contributed by atoms with Crippen molar-refractivity contribution in [3.05, 3.63) is 11.6 Å². The highest BCUT2D eigenvalue weighted by atomic mass is 79.9. The first kappa shape index (κ1) is 12.7. The molecule has 0 fully saturated rings. The van der Waals surface area contributed by atoms with Gasteiger partial charge in [0.15, 0.2) is 0 Å². The minimum atomic E-state index is 0.478. The second-order valence-electron chi connectivity index (χ2n) is 3.59. The Balaban J connectivity index is 3.44. The summed E-state index contributed by atoms with van der Waals surface area (Å²) in [5, 5.41) is 0. The van der Waals surface area contributed by atoms with Crippen molar-refractivity contribution in [3.63, 3.8) is 0 Å². The first-order valence-corrected chi connectivity index (χ1v) is 6.27. The van der Waals surface area contributed by atoms with Gasteiger partial charge in [-0.25, -0.2) is 0 Å². The normalized spacial score (nSPS) is 13.2. The maximum absolute atomic E-state index is 3.50. The van der Waals surface area contributed by atoms with E-state index in [9.17, 15) is 0 Å². The van der Waals surface area contributed by atoms with E-state index < -0.39 is 0 Å². The minimum Gasteiger partial charge on any atom is -0.0859 e. The average Bonchev–Trinajstić information content (AvgIpc) is 1.84. The molecule has 12 heavy (non-hydrogen) atoms. The third-order valence-corrected chi connectivity index (χ3v) is 2.54. The fourth-order valence-corrected chi connectivity index (χ4v) is 2.35. The number of hydrogen-bond acceptors (Lipinski definition) is 0. The third-order valence-electron chi connectivity index (χ3n) is 1.79. The van der Waals surface area contributed by atoms with Gasteiger partial charge in [0.2, 0.25) is 0 Å². The second kappa shape index (κ2) is 7.14. The molecule has 0 amide bonds. The van der Waals surface area contributed by atoms with Crippen LogP contribution in [-0.2, 0) is 0 Å². The Bertz CT molecular complexity index is 135. The second-order valence-corrected chi connectivity index (χ2v) is 7.03. The summed E-state index contributed by atoms with van der Waals surface area (Å²) in [5.74, 6) is 0.796. The van der Waals surface area contributed by atoms with Crippen LogP contribution < -0.4 is 0 Å². The van der Waals surface area contributed by atoms with Crippen LogP contribution in [0.4, 0.5) is 0 Å². The predicted octanol–water partition coefficient (Wildman–Crippen LogP) is 4.87. The summed E-state index contributed by atoms with van der Waals surface area (Å²) in [6.45, 7) is 6.61. The van der Waals surface area contributed by atoms with Gasteiger partial charge in [0.05, 0.1) is 3.74 Å². The molecule has 0 aliphatic rings. The first-order valence-electron chi connectivity index (χ1n) is 4.44. The van der Waals surface area contributed by atoms with Crippen molar-refractivity contribution >= 4 is 31.9 Å². The van der Waals surface area contributed by atoms with Gasteiger partial charge in [-0.1, -0.05) is 50.4 Å². The van der Waals surface area contributed by atoms with Crippen LogP contribution in [0.3, 0.4) is 0 Å². The summed E-state index contributed by atoms with van der Waals surface area (Å²) in [6.07, 6.45) is 6.03. The van der Waals surface area contributed by atoms with Crippen LogP contribution in [-0.4, -0.2) is 3.74 Å². The third kappa shape index (κ3) is 8.79. The molecule has 0 spiro atoms. The number of alkyl halides is 2. The monoisotopic (exact) mass is 296 g/mol. The zero-order valence-electron chi connectivity index (χ0n) is 8.11. The summed E-state index contributed by atoms with van der Waals surface area (Å²) in [4.78, 5) is 0. The minimum absolute atomic E-state index is 0.478. The van der Waals surface area contributed by atoms with Gasteiger partial charge in [0.25, 0.3) is 0 Å². The quantitative estimate of drug-likeness (QED) is 0.501. The summed E-state index contributed by atoms with van der Waals surface area (Å²) >= 11 is 6.99. The summed E-state index contributed by atoms with van der Waals surface area (Å²) in [5.41, 5.74) is 1.43. The van der Waals surface area contributed by atoms with Gasteiger partial charge in [-0.15, -0.1) is 0 Å². The molecule has 0 N–H and O–H groups in total. The van der Waals surface area contributed by atoms with E-state index in [1.807, 2.05) is 0 Å². The Labute approximate surface area is 93.1 Å². The molecule has 0 saturated carbocycles. The van der Waals surface area contributed by atoms with Crippen molar-refractivity contribution in [2.45, 2.75) is 43.8 Å². The van der Waals surface area contributed by atoms with Gasteiger partial charge in [-0.2, -0.15) is 0 Å². The van der Waals surface area contributed by atoms with Crippen molar-refractivity contribution in [3.8, 4) is 0 Å². The van der Waals surface area contributed by atoms with E-state index in [0.29, 0.717) is 3.74 Å². The Morgan fingerprint density at radius 1 is 1.33 bits per heavy atom. The zero-order valence-corrected chi connectivity index (χ0v) is 11.3. The molecule has 72 valence electrons. The fraction of sp³-hybridized carbons (Fsp3) is 0.800.